The number of alkyl carbamates (subject to hydrolysis) is 1. The van der Waals surface area contributed by atoms with Crippen molar-refractivity contribution in [2.45, 2.75) is 26.3 Å². The summed E-state index contributed by atoms with van der Waals surface area (Å²) >= 11 is 0. The first kappa shape index (κ1) is 18.2. The first-order valence-corrected chi connectivity index (χ1v) is 7.68. The standard InChI is InChI=1S/C16H21N5O4/c1-5-25-14(22)12-11-18-21(13(12)20-9-6-8-17-20)10-7-16(2,3)19-15(23)24-4/h6-11H,5H2,1-4H3,(H,19,23)/b10-7+. The van der Waals surface area contributed by atoms with E-state index in [1.807, 2.05) is 0 Å². The van der Waals surface area contributed by atoms with E-state index in [4.69, 9.17) is 4.74 Å². The quantitative estimate of drug-likeness (QED) is 0.801. The molecule has 0 bridgehead atoms. The van der Waals surface area contributed by atoms with E-state index >= 15 is 0 Å². The molecule has 0 aliphatic carbocycles. The second-order valence-electron chi connectivity index (χ2n) is 5.65. The van der Waals surface area contributed by atoms with Gasteiger partial charge >= 0.3 is 12.1 Å². The Kier molecular flexibility index (Phi) is 5.58. The van der Waals surface area contributed by atoms with E-state index in [0.29, 0.717) is 5.82 Å². The molecule has 134 valence electrons. The highest BCUT2D eigenvalue weighted by molar-refractivity contribution is 5.92. The molecule has 1 amide bonds. The van der Waals surface area contributed by atoms with E-state index in [9.17, 15) is 9.59 Å². The first-order valence-electron chi connectivity index (χ1n) is 7.68. The summed E-state index contributed by atoms with van der Waals surface area (Å²) < 4.78 is 12.7. The predicted octanol–water partition coefficient (Wildman–Crippen LogP) is 1.85. The highest BCUT2D eigenvalue weighted by atomic mass is 16.5. The Labute approximate surface area is 145 Å². The summed E-state index contributed by atoms with van der Waals surface area (Å²) in [6, 6.07) is 1.73. The molecule has 0 spiro atoms. The van der Waals surface area contributed by atoms with Gasteiger partial charge in [0.2, 0.25) is 0 Å². The van der Waals surface area contributed by atoms with E-state index in [1.165, 1.54) is 22.7 Å². The maximum absolute atomic E-state index is 12.1. The molecular formula is C16H21N5O4. The van der Waals surface area contributed by atoms with Crippen LogP contribution in [-0.2, 0) is 9.47 Å². The summed E-state index contributed by atoms with van der Waals surface area (Å²) in [6.45, 7) is 5.58. The molecule has 0 saturated heterocycles. The third kappa shape index (κ3) is 4.46. The fourth-order valence-electron chi connectivity index (χ4n) is 2.05. The average molecular weight is 347 g/mol. The average Bonchev–Trinajstić information content (AvgIpc) is 3.21. The molecule has 9 heteroatoms. The number of hydrogen-bond donors (Lipinski definition) is 1. The zero-order valence-electron chi connectivity index (χ0n) is 14.6. The second-order valence-corrected chi connectivity index (χ2v) is 5.65. The molecule has 0 saturated carbocycles. The second kappa shape index (κ2) is 7.65. The summed E-state index contributed by atoms with van der Waals surface area (Å²) in [5, 5.41) is 11.0. The van der Waals surface area contributed by atoms with Gasteiger partial charge in [0.05, 0.1) is 25.5 Å². The fraction of sp³-hybridized carbons (Fsp3) is 0.375. The number of carbonyl (C=O) groups is 2. The Balaban J connectivity index is 2.37. The van der Waals surface area contributed by atoms with Crippen LogP contribution in [0.5, 0.6) is 0 Å². The summed E-state index contributed by atoms with van der Waals surface area (Å²) in [5.41, 5.74) is -0.404. The molecule has 25 heavy (non-hydrogen) atoms. The van der Waals surface area contributed by atoms with Crippen LogP contribution in [0, 0.1) is 0 Å². The number of aromatic nitrogens is 4. The van der Waals surface area contributed by atoms with Crippen molar-refractivity contribution in [3.05, 3.63) is 36.3 Å². The maximum atomic E-state index is 12.1. The summed E-state index contributed by atoms with van der Waals surface area (Å²) in [7, 11) is 1.30. The third-order valence-corrected chi connectivity index (χ3v) is 3.23. The number of methoxy groups -OCH3 is 1. The number of nitrogens with one attached hydrogen (secondary N) is 1. The number of rotatable bonds is 6. The fourth-order valence-corrected chi connectivity index (χ4v) is 2.05. The molecule has 0 aromatic carbocycles. The van der Waals surface area contributed by atoms with E-state index in [2.05, 4.69) is 20.3 Å². The van der Waals surface area contributed by atoms with Crippen molar-refractivity contribution in [3.63, 3.8) is 0 Å². The molecule has 2 aromatic heterocycles. The monoisotopic (exact) mass is 347 g/mol. The summed E-state index contributed by atoms with van der Waals surface area (Å²) in [4.78, 5) is 23.5. The van der Waals surface area contributed by atoms with Crippen LogP contribution in [0.2, 0.25) is 0 Å². The van der Waals surface area contributed by atoms with Gasteiger partial charge in [-0.25, -0.2) is 19.0 Å². The summed E-state index contributed by atoms with van der Waals surface area (Å²) in [5.74, 6) is -0.0480. The largest absolute Gasteiger partial charge is 0.462 e. The molecular weight excluding hydrogens is 326 g/mol. The molecule has 2 rings (SSSR count). The minimum absolute atomic E-state index is 0.258. The van der Waals surface area contributed by atoms with E-state index in [1.54, 1.807) is 51.5 Å². The van der Waals surface area contributed by atoms with Gasteiger partial charge in [0.1, 0.15) is 5.56 Å². The Bertz CT molecular complexity index is 762. The van der Waals surface area contributed by atoms with E-state index < -0.39 is 17.6 Å². The lowest BCUT2D eigenvalue weighted by molar-refractivity contribution is 0.0526. The van der Waals surface area contributed by atoms with Crippen LogP contribution >= 0.6 is 0 Å². The molecule has 9 nitrogen and oxygen atoms in total. The number of carbonyl (C=O) groups excluding carboxylic acids is 2. The van der Waals surface area contributed by atoms with Gasteiger partial charge in [-0.1, -0.05) is 0 Å². The van der Waals surface area contributed by atoms with Crippen LogP contribution in [0.25, 0.3) is 12.0 Å². The molecule has 0 aliphatic rings. The van der Waals surface area contributed by atoms with Gasteiger partial charge in [-0.2, -0.15) is 10.2 Å². The molecule has 1 N–H and O–H groups in total. The van der Waals surface area contributed by atoms with Gasteiger partial charge < -0.3 is 14.8 Å². The number of ether oxygens (including phenoxy) is 2. The first-order chi connectivity index (χ1) is 11.9. The van der Waals surface area contributed by atoms with Crippen molar-refractivity contribution in [1.29, 1.82) is 0 Å². The van der Waals surface area contributed by atoms with Crippen LogP contribution in [0.4, 0.5) is 4.79 Å². The van der Waals surface area contributed by atoms with Crippen molar-refractivity contribution in [1.82, 2.24) is 24.9 Å². The molecule has 0 unspecified atom stereocenters. The topological polar surface area (TPSA) is 100 Å². The lowest BCUT2D eigenvalue weighted by atomic mass is 10.1. The predicted molar refractivity (Wildman–Crippen MR) is 90.3 cm³/mol. The van der Waals surface area contributed by atoms with Crippen LogP contribution < -0.4 is 5.32 Å². The molecule has 0 aliphatic heterocycles. The van der Waals surface area contributed by atoms with Gasteiger partial charge in [0, 0.05) is 18.6 Å². The minimum Gasteiger partial charge on any atom is -0.462 e. The van der Waals surface area contributed by atoms with Gasteiger partial charge in [-0.05, 0) is 32.9 Å². The highest BCUT2D eigenvalue weighted by Gasteiger charge is 2.21. The molecule has 2 aromatic rings. The van der Waals surface area contributed by atoms with Crippen molar-refractivity contribution in [2.24, 2.45) is 0 Å². The number of esters is 1. The van der Waals surface area contributed by atoms with E-state index in [0.717, 1.165) is 0 Å². The van der Waals surface area contributed by atoms with Crippen LogP contribution in [0.1, 0.15) is 31.1 Å². The lowest BCUT2D eigenvalue weighted by Gasteiger charge is -2.21. The van der Waals surface area contributed by atoms with Gasteiger partial charge in [0.25, 0.3) is 0 Å². The van der Waals surface area contributed by atoms with E-state index in [-0.39, 0.29) is 12.2 Å². The van der Waals surface area contributed by atoms with Crippen molar-refractivity contribution in [2.75, 3.05) is 13.7 Å². The van der Waals surface area contributed by atoms with Gasteiger partial charge in [0.15, 0.2) is 5.82 Å². The molecule has 0 atom stereocenters. The zero-order chi connectivity index (χ0) is 18.4. The highest BCUT2D eigenvalue weighted by Crippen LogP contribution is 2.16. The third-order valence-electron chi connectivity index (χ3n) is 3.23. The lowest BCUT2D eigenvalue weighted by Crippen LogP contribution is -2.41. The zero-order valence-corrected chi connectivity index (χ0v) is 14.6. The maximum Gasteiger partial charge on any atom is 0.407 e. The Hall–Kier alpha value is -3.10. The summed E-state index contributed by atoms with van der Waals surface area (Å²) in [6.07, 6.45) is 7.52. The van der Waals surface area contributed by atoms with Gasteiger partial charge in [-0.3, -0.25) is 0 Å². The Morgan fingerprint density at radius 1 is 1.36 bits per heavy atom. The van der Waals surface area contributed by atoms with Crippen molar-refractivity contribution in [3.8, 4) is 5.82 Å². The normalized spacial score (nSPS) is 11.5. The molecule has 0 radical (unpaired) electrons. The minimum atomic E-state index is -0.690. The van der Waals surface area contributed by atoms with Crippen molar-refractivity contribution >= 4 is 18.3 Å². The number of nitrogens with zero attached hydrogens (tertiary/aromatic N) is 4. The molecule has 2 heterocycles. The SMILES string of the molecule is CCOC(=O)c1cnn(/C=C/C(C)(C)NC(=O)OC)c1-n1cccn1. The number of amides is 1. The Morgan fingerprint density at radius 3 is 2.72 bits per heavy atom. The Morgan fingerprint density at radius 2 is 2.12 bits per heavy atom. The van der Waals surface area contributed by atoms with Crippen LogP contribution in [-0.4, -0.2) is 50.9 Å². The van der Waals surface area contributed by atoms with Crippen LogP contribution in [0.15, 0.2) is 30.7 Å². The van der Waals surface area contributed by atoms with Gasteiger partial charge in [-0.15, -0.1) is 0 Å². The number of hydrogen-bond acceptors (Lipinski definition) is 6. The smallest absolute Gasteiger partial charge is 0.407 e. The molecule has 0 fully saturated rings. The van der Waals surface area contributed by atoms with Crippen molar-refractivity contribution < 1.29 is 19.1 Å². The van der Waals surface area contributed by atoms with Crippen LogP contribution in [0.3, 0.4) is 0 Å².